The standard InChI is InChI=1S/C9H13N.2C2H6/c1-10-8-7-9-5-3-2-4-6-9;2*1-2/h2-6,10H,7-8H2,1H3;2*1-2H3. The second-order valence-electron chi connectivity index (χ2n) is 2.34. The second kappa shape index (κ2) is 14.7. The molecule has 0 atom stereocenters. The lowest BCUT2D eigenvalue weighted by atomic mass is 10.2. The van der Waals surface area contributed by atoms with E-state index in [4.69, 9.17) is 0 Å². The van der Waals surface area contributed by atoms with Crippen molar-refractivity contribution >= 4 is 0 Å². The summed E-state index contributed by atoms with van der Waals surface area (Å²) in [5.41, 5.74) is 1.40. The molecule has 0 aliphatic heterocycles. The van der Waals surface area contributed by atoms with Gasteiger partial charge in [0.05, 0.1) is 0 Å². The van der Waals surface area contributed by atoms with E-state index in [0.29, 0.717) is 0 Å². The molecule has 0 unspecified atom stereocenters. The molecule has 1 heteroatoms. The third-order valence-corrected chi connectivity index (χ3v) is 1.51. The fourth-order valence-corrected chi connectivity index (χ4v) is 0.914. The summed E-state index contributed by atoms with van der Waals surface area (Å²) in [5, 5.41) is 3.12. The molecule has 0 saturated carbocycles. The fourth-order valence-electron chi connectivity index (χ4n) is 0.914. The minimum atomic E-state index is 1.06. The lowest BCUT2D eigenvalue weighted by Gasteiger charge is -1.97. The maximum absolute atomic E-state index is 3.12. The maximum Gasteiger partial charge on any atom is -0.00114 e. The van der Waals surface area contributed by atoms with E-state index < -0.39 is 0 Å². The predicted octanol–water partition coefficient (Wildman–Crippen LogP) is 3.50. The first kappa shape index (κ1) is 15.6. The number of benzene rings is 1. The highest BCUT2D eigenvalue weighted by Crippen LogP contribution is 1.97. The van der Waals surface area contributed by atoms with Gasteiger partial charge in [-0.1, -0.05) is 58.0 Å². The van der Waals surface area contributed by atoms with Gasteiger partial charge < -0.3 is 5.32 Å². The van der Waals surface area contributed by atoms with E-state index in [0.717, 1.165) is 13.0 Å². The van der Waals surface area contributed by atoms with Crippen molar-refractivity contribution in [3.05, 3.63) is 35.9 Å². The van der Waals surface area contributed by atoms with E-state index in [1.165, 1.54) is 5.56 Å². The van der Waals surface area contributed by atoms with Crippen LogP contribution < -0.4 is 5.32 Å². The Labute approximate surface area is 89.5 Å². The Balaban J connectivity index is 0. The molecule has 14 heavy (non-hydrogen) atoms. The first-order chi connectivity index (χ1) is 6.93. The van der Waals surface area contributed by atoms with E-state index in [9.17, 15) is 0 Å². The van der Waals surface area contributed by atoms with E-state index >= 15 is 0 Å². The maximum atomic E-state index is 3.12. The lowest BCUT2D eigenvalue weighted by molar-refractivity contribution is 0.792. The average Bonchev–Trinajstić information content (AvgIpc) is 2.33. The number of rotatable bonds is 3. The Hall–Kier alpha value is -0.820. The van der Waals surface area contributed by atoms with E-state index in [2.05, 4.69) is 29.6 Å². The number of likely N-dealkylation sites (N-methyl/N-ethyl adjacent to an activating group) is 1. The first-order valence-electron chi connectivity index (χ1n) is 5.62. The van der Waals surface area contributed by atoms with E-state index in [1.54, 1.807) is 0 Å². The van der Waals surface area contributed by atoms with Crippen molar-refractivity contribution in [3.63, 3.8) is 0 Å². The summed E-state index contributed by atoms with van der Waals surface area (Å²) in [7, 11) is 1.98. The zero-order valence-corrected chi connectivity index (χ0v) is 10.3. The number of nitrogens with one attached hydrogen (secondary N) is 1. The summed E-state index contributed by atoms with van der Waals surface area (Å²) < 4.78 is 0. The van der Waals surface area contributed by atoms with Gasteiger partial charge >= 0.3 is 0 Å². The summed E-state index contributed by atoms with van der Waals surface area (Å²) in [6, 6.07) is 10.5. The molecule has 0 radical (unpaired) electrons. The molecular weight excluding hydrogens is 170 g/mol. The summed E-state index contributed by atoms with van der Waals surface area (Å²) in [5.74, 6) is 0. The minimum Gasteiger partial charge on any atom is -0.319 e. The van der Waals surface area contributed by atoms with Crippen LogP contribution in [0, 0.1) is 0 Å². The molecule has 0 aliphatic carbocycles. The van der Waals surface area contributed by atoms with Gasteiger partial charge in [0.2, 0.25) is 0 Å². The summed E-state index contributed by atoms with van der Waals surface area (Å²) in [6.07, 6.45) is 1.12. The normalized spacial score (nSPS) is 7.79. The third kappa shape index (κ3) is 9.27. The van der Waals surface area contributed by atoms with Crippen LogP contribution in [-0.4, -0.2) is 13.6 Å². The largest absolute Gasteiger partial charge is 0.319 e. The van der Waals surface area contributed by atoms with Crippen LogP contribution in [0.15, 0.2) is 30.3 Å². The van der Waals surface area contributed by atoms with E-state index in [1.807, 2.05) is 40.8 Å². The van der Waals surface area contributed by atoms with Crippen LogP contribution in [0.2, 0.25) is 0 Å². The zero-order chi connectivity index (χ0) is 11.2. The highest BCUT2D eigenvalue weighted by molar-refractivity contribution is 5.14. The minimum absolute atomic E-state index is 1.06. The van der Waals surface area contributed by atoms with Crippen LogP contribution in [0.4, 0.5) is 0 Å². The van der Waals surface area contributed by atoms with Crippen LogP contribution in [0.25, 0.3) is 0 Å². The van der Waals surface area contributed by atoms with Crippen molar-refractivity contribution in [3.8, 4) is 0 Å². The van der Waals surface area contributed by atoms with E-state index in [-0.39, 0.29) is 0 Å². The van der Waals surface area contributed by atoms with Crippen LogP contribution in [-0.2, 0) is 6.42 Å². The summed E-state index contributed by atoms with van der Waals surface area (Å²) in [6.45, 7) is 9.06. The van der Waals surface area contributed by atoms with Crippen molar-refractivity contribution in [2.45, 2.75) is 34.1 Å². The molecule has 0 heterocycles. The second-order valence-corrected chi connectivity index (χ2v) is 2.34. The molecule has 1 aromatic rings. The van der Waals surface area contributed by atoms with Crippen molar-refractivity contribution in [2.24, 2.45) is 0 Å². The topological polar surface area (TPSA) is 12.0 Å². The van der Waals surface area contributed by atoms with Gasteiger partial charge in [-0.2, -0.15) is 0 Å². The van der Waals surface area contributed by atoms with Gasteiger partial charge in [0.1, 0.15) is 0 Å². The van der Waals surface area contributed by atoms with Crippen LogP contribution in [0.3, 0.4) is 0 Å². The SMILES string of the molecule is CC.CC.CNCCc1ccccc1. The molecule has 1 aromatic carbocycles. The smallest absolute Gasteiger partial charge is 0.00114 e. The molecule has 1 rings (SSSR count). The monoisotopic (exact) mass is 195 g/mol. The van der Waals surface area contributed by atoms with Gasteiger partial charge in [-0.3, -0.25) is 0 Å². The van der Waals surface area contributed by atoms with Crippen molar-refractivity contribution in [2.75, 3.05) is 13.6 Å². The van der Waals surface area contributed by atoms with Crippen LogP contribution in [0.5, 0.6) is 0 Å². The van der Waals surface area contributed by atoms with Gasteiger partial charge in [0, 0.05) is 0 Å². The average molecular weight is 195 g/mol. The zero-order valence-electron chi connectivity index (χ0n) is 10.3. The van der Waals surface area contributed by atoms with Crippen LogP contribution in [0.1, 0.15) is 33.3 Å². The molecule has 0 fully saturated rings. The molecule has 0 spiro atoms. The molecule has 1 N–H and O–H groups in total. The van der Waals surface area contributed by atoms with Crippen LogP contribution >= 0.6 is 0 Å². The van der Waals surface area contributed by atoms with Gasteiger partial charge in [0.25, 0.3) is 0 Å². The Morgan fingerprint density at radius 2 is 1.43 bits per heavy atom. The number of hydrogen-bond donors (Lipinski definition) is 1. The predicted molar refractivity (Wildman–Crippen MR) is 66.8 cm³/mol. The highest BCUT2D eigenvalue weighted by atomic mass is 14.8. The molecule has 0 aliphatic rings. The Morgan fingerprint density at radius 1 is 0.929 bits per heavy atom. The summed E-state index contributed by atoms with van der Waals surface area (Å²) in [4.78, 5) is 0. The van der Waals surface area contributed by atoms with Crippen molar-refractivity contribution in [1.29, 1.82) is 0 Å². The Kier molecular flexibility index (Phi) is 16.4. The highest BCUT2D eigenvalue weighted by Gasteiger charge is 1.86. The van der Waals surface area contributed by atoms with Gasteiger partial charge in [-0.25, -0.2) is 0 Å². The molecule has 0 saturated heterocycles. The van der Waals surface area contributed by atoms with Gasteiger partial charge in [-0.05, 0) is 25.6 Å². The van der Waals surface area contributed by atoms with Gasteiger partial charge in [0.15, 0.2) is 0 Å². The fraction of sp³-hybridized carbons (Fsp3) is 0.538. The third-order valence-electron chi connectivity index (χ3n) is 1.51. The Morgan fingerprint density at radius 3 is 1.86 bits per heavy atom. The first-order valence-corrected chi connectivity index (χ1v) is 5.62. The molecule has 0 aromatic heterocycles. The summed E-state index contributed by atoms with van der Waals surface area (Å²) >= 11 is 0. The van der Waals surface area contributed by atoms with Crippen molar-refractivity contribution in [1.82, 2.24) is 5.32 Å². The molecular formula is C13H25N. The molecule has 82 valence electrons. The van der Waals surface area contributed by atoms with Gasteiger partial charge in [-0.15, -0.1) is 0 Å². The molecule has 1 nitrogen and oxygen atoms in total. The van der Waals surface area contributed by atoms with Crippen molar-refractivity contribution < 1.29 is 0 Å². The Bertz CT molecular complexity index is 170. The number of hydrogen-bond acceptors (Lipinski definition) is 1. The quantitative estimate of drug-likeness (QED) is 0.778. The molecule has 0 amide bonds. The lowest BCUT2D eigenvalue weighted by Crippen LogP contribution is -2.09. The molecule has 0 bridgehead atoms.